The quantitative estimate of drug-likeness (QED) is 0.696. The van der Waals surface area contributed by atoms with Gasteiger partial charge in [-0.15, -0.1) is 24.8 Å². The first-order valence-electron chi connectivity index (χ1n) is 7.25. The summed E-state index contributed by atoms with van der Waals surface area (Å²) in [5.74, 6) is -0.155. The average molecular weight is 363 g/mol. The lowest BCUT2D eigenvalue weighted by atomic mass is 10.1. The summed E-state index contributed by atoms with van der Waals surface area (Å²) in [7, 11) is 1.94. The average Bonchev–Trinajstić information content (AvgIpc) is 2.62. The molecule has 1 aromatic carbocycles. The fourth-order valence-electron chi connectivity index (χ4n) is 2.29. The fraction of sp³-hybridized carbons (Fsp3) is 0.467. The van der Waals surface area contributed by atoms with Crippen LogP contribution in [0.4, 0.5) is 11.4 Å². The van der Waals surface area contributed by atoms with Crippen LogP contribution in [0, 0.1) is 0 Å². The molecule has 0 atom stereocenters. The molecular formula is C15H24Cl2N4O2. The number of carbonyl (C=O) groups is 2. The second kappa shape index (κ2) is 10.3. The molecule has 1 heterocycles. The molecule has 1 aromatic rings. The van der Waals surface area contributed by atoms with Crippen molar-refractivity contribution in [3.63, 3.8) is 0 Å². The topological polar surface area (TPSA) is 87.5 Å². The van der Waals surface area contributed by atoms with Gasteiger partial charge in [0.2, 0.25) is 5.91 Å². The molecule has 1 aliphatic rings. The van der Waals surface area contributed by atoms with Crippen molar-refractivity contribution in [1.29, 1.82) is 0 Å². The van der Waals surface area contributed by atoms with Crippen LogP contribution in [0.15, 0.2) is 18.2 Å². The molecule has 0 unspecified atom stereocenters. The van der Waals surface area contributed by atoms with E-state index >= 15 is 0 Å². The second-order valence-corrected chi connectivity index (χ2v) is 5.20. The van der Waals surface area contributed by atoms with Crippen LogP contribution in [0.1, 0.15) is 29.6 Å². The fourth-order valence-corrected chi connectivity index (χ4v) is 2.29. The summed E-state index contributed by atoms with van der Waals surface area (Å²) in [6.45, 7) is 1.91. The van der Waals surface area contributed by atoms with Crippen LogP contribution in [0.2, 0.25) is 0 Å². The third kappa shape index (κ3) is 5.89. The van der Waals surface area contributed by atoms with Crippen molar-refractivity contribution in [2.45, 2.75) is 19.3 Å². The lowest BCUT2D eigenvalue weighted by Gasteiger charge is -2.18. The number of nitrogens with one attached hydrogen (secondary N) is 2. The van der Waals surface area contributed by atoms with Gasteiger partial charge in [-0.1, -0.05) is 0 Å². The molecule has 0 bridgehead atoms. The molecule has 0 spiro atoms. The Bertz CT molecular complexity index is 540. The lowest BCUT2D eigenvalue weighted by Crippen LogP contribution is -2.25. The maximum atomic E-state index is 12.1. The number of nitrogens with two attached hydrogens (primary N) is 1. The molecule has 23 heavy (non-hydrogen) atoms. The standard InChI is InChI=1S/C15H22N4O2.2ClH/c1-19-9-6-14(20)18-12-10-11(4-5-13(12)19)15(21)17-8-3-2-7-16;;/h4-5,10H,2-3,6-9,16H2,1H3,(H,17,21)(H,18,20);2*1H. The normalized spacial score (nSPS) is 13.0. The highest BCUT2D eigenvalue weighted by molar-refractivity contribution is 6.00. The van der Waals surface area contributed by atoms with E-state index < -0.39 is 0 Å². The largest absolute Gasteiger partial charge is 0.372 e. The molecule has 130 valence electrons. The number of anilines is 2. The van der Waals surface area contributed by atoms with Crippen molar-refractivity contribution in [2.24, 2.45) is 5.73 Å². The minimum atomic E-state index is -0.129. The summed E-state index contributed by atoms with van der Waals surface area (Å²) in [6.07, 6.45) is 2.21. The third-order valence-corrected chi connectivity index (χ3v) is 3.53. The molecule has 0 aliphatic carbocycles. The van der Waals surface area contributed by atoms with Crippen LogP contribution in [0.5, 0.6) is 0 Å². The number of carbonyl (C=O) groups excluding carboxylic acids is 2. The second-order valence-electron chi connectivity index (χ2n) is 5.20. The molecule has 2 rings (SSSR count). The Labute approximate surface area is 149 Å². The summed E-state index contributed by atoms with van der Waals surface area (Å²) in [4.78, 5) is 25.8. The van der Waals surface area contributed by atoms with Gasteiger partial charge in [-0.2, -0.15) is 0 Å². The van der Waals surface area contributed by atoms with Crippen molar-refractivity contribution in [1.82, 2.24) is 5.32 Å². The van der Waals surface area contributed by atoms with Crippen LogP contribution in [0.25, 0.3) is 0 Å². The lowest BCUT2D eigenvalue weighted by molar-refractivity contribution is -0.115. The molecule has 4 N–H and O–H groups in total. The molecule has 0 saturated carbocycles. The summed E-state index contributed by atoms with van der Waals surface area (Å²) < 4.78 is 0. The Morgan fingerprint density at radius 2 is 2.09 bits per heavy atom. The number of unbranched alkanes of at least 4 members (excludes halogenated alkanes) is 1. The first kappa shape index (κ1) is 21.5. The zero-order chi connectivity index (χ0) is 15.2. The molecule has 0 fully saturated rings. The zero-order valence-electron chi connectivity index (χ0n) is 13.1. The van der Waals surface area contributed by atoms with Gasteiger partial charge in [0.15, 0.2) is 0 Å². The molecule has 0 radical (unpaired) electrons. The van der Waals surface area contributed by atoms with Crippen LogP contribution < -0.4 is 21.3 Å². The highest BCUT2D eigenvalue weighted by atomic mass is 35.5. The molecule has 6 nitrogen and oxygen atoms in total. The van der Waals surface area contributed by atoms with Gasteiger partial charge in [0.1, 0.15) is 0 Å². The van der Waals surface area contributed by atoms with E-state index in [1.165, 1.54) is 0 Å². The van der Waals surface area contributed by atoms with Gasteiger partial charge in [-0.3, -0.25) is 9.59 Å². The molecule has 2 amide bonds. The maximum absolute atomic E-state index is 12.1. The maximum Gasteiger partial charge on any atom is 0.251 e. The zero-order valence-corrected chi connectivity index (χ0v) is 14.8. The van der Waals surface area contributed by atoms with E-state index in [1.54, 1.807) is 12.1 Å². The van der Waals surface area contributed by atoms with E-state index in [-0.39, 0.29) is 36.6 Å². The van der Waals surface area contributed by atoms with Gasteiger partial charge < -0.3 is 21.3 Å². The number of fused-ring (bicyclic) bond motifs is 1. The number of halogens is 2. The van der Waals surface area contributed by atoms with E-state index in [2.05, 4.69) is 10.6 Å². The van der Waals surface area contributed by atoms with Crippen molar-refractivity contribution in [3.05, 3.63) is 23.8 Å². The predicted molar refractivity (Wildman–Crippen MR) is 98.1 cm³/mol. The van der Waals surface area contributed by atoms with Gasteiger partial charge in [-0.25, -0.2) is 0 Å². The van der Waals surface area contributed by atoms with Crippen molar-refractivity contribution < 1.29 is 9.59 Å². The van der Waals surface area contributed by atoms with Crippen LogP contribution >= 0.6 is 24.8 Å². The van der Waals surface area contributed by atoms with Crippen LogP contribution in [-0.2, 0) is 4.79 Å². The number of hydrogen-bond donors (Lipinski definition) is 3. The van der Waals surface area contributed by atoms with Gasteiger partial charge in [0.05, 0.1) is 11.4 Å². The first-order valence-corrected chi connectivity index (χ1v) is 7.25. The van der Waals surface area contributed by atoms with Crippen LogP contribution in [0.3, 0.4) is 0 Å². The van der Waals surface area contributed by atoms with Gasteiger partial charge in [0, 0.05) is 32.1 Å². The number of nitrogens with zero attached hydrogens (tertiary/aromatic N) is 1. The summed E-state index contributed by atoms with van der Waals surface area (Å²) >= 11 is 0. The van der Waals surface area contributed by atoms with Crippen molar-refractivity contribution in [2.75, 3.05) is 36.9 Å². The Balaban J connectivity index is 0.00000242. The number of rotatable bonds is 5. The Kier molecular flexibility index (Phi) is 9.64. The smallest absolute Gasteiger partial charge is 0.251 e. The van der Waals surface area contributed by atoms with E-state index in [0.29, 0.717) is 37.3 Å². The van der Waals surface area contributed by atoms with Crippen LogP contribution in [-0.4, -0.2) is 38.5 Å². The SMILES string of the molecule is CN1CCC(=O)Nc2cc(C(=O)NCCCCN)ccc21.Cl.Cl. The third-order valence-electron chi connectivity index (χ3n) is 3.53. The number of benzene rings is 1. The molecule has 8 heteroatoms. The summed E-state index contributed by atoms with van der Waals surface area (Å²) in [6, 6.07) is 5.38. The van der Waals surface area contributed by atoms with Gasteiger partial charge in [-0.05, 0) is 37.6 Å². The molecule has 0 saturated heterocycles. The summed E-state index contributed by atoms with van der Waals surface area (Å²) in [5.41, 5.74) is 7.59. The molecule has 1 aliphatic heterocycles. The first-order chi connectivity index (χ1) is 10.1. The minimum Gasteiger partial charge on any atom is -0.372 e. The highest BCUT2D eigenvalue weighted by Crippen LogP contribution is 2.28. The van der Waals surface area contributed by atoms with E-state index in [4.69, 9.17) is 5.73 Å². The van der Waals surface area contributed by atoms with Crippen molar-refractivity contribution >= 4 is 48.0 Å². The monoisotopic (exact) mass is 362 g/mol. The number of hydrogen-bond acceptors (Lipinski definition) is 4. The predicted octanol–water partition coefficient (Wildman–Crippen LogP) is 1.78. The van der Waals surface area contributed by atoms with Gasteiger partial charge >= 0.3 is 0 Å². The van der Waals surface area contributed by atoms with E-state index in [9.17, 15) is 9.59 Å². The Morgan fingerprint density at radius 3 is 2.78 bits per heavy atom. The highest BCUT2D eigenvalue weighted by Gasteiger charge is 2.18. The minimum absolute atomic E-state index is 0. The Morgan fingerprint density at radius 1 is 1.35 bits per heavy atom. The Hall–Kier alpha value is -1.50. The molecule has 0 aromatic heterocycles. The van der Waals surface area contributed by atoms with Gasteiger partial charge in [0.25, 0.3) is 5.91 Å². The molecular weight excluding hydrogens is 339 g/mol. The number of amides is 2. The van der Waals surface area contributed by atoms with Crippen molar-refractivity contribution in [3.8, 4) is 0 Å². The summed E-state index contributed by atoms with van der Waals surface area (Å²) in [5, 5.41) is 5.71. The van der Waals surface area contributed by atoms with E-state index in [0.717, 1.165) is 18.5 Å². The van der Waals surface area contributed by atoms with E-state index in [1.807, 2.05) is 18.0 Å².